The van der Waals surface area contributed by atoms with E-state index in [4.69, 9.17) is 16.3 Å². The van der Waals surface area contributed by atoms with E-state index in [0.717, 1.165) is 43.2 Å². The molecule has 0 N–H and O–H groups in total. The lowest BCUT2D eigenvalue weighted by Gasteiger charge is -2.36. The maximum absolute atomic E-state index is 13.1. The molecule has 0 aliphatic carbocycles. The first kappa shape index (κ1) is 18.5. The Morgan fingerprint density at radius 3 is 2.39 bits per heavy atom. The summed E-state index contributed by atoms with van der Waals surface area (Å²) in [7, 11) is 0. The lowest BCUT2D eigenvalue weighted by atomic mass is 10.2. The number of hydrogen-bond acceptors (Lipinski definition) is 5. The van der Waals surface area contributed by atoms with E-state index < -0.39 is 0 Å². The minimum absolute atomic E-state index is 0.218. The van der Waals surface area contributed by atoms with Crippen LogP contribution in [0.15, 0.2) is 54.9 Å². The van der Waals surface area contributed by atoms with Crippen LogP contribution in [0.1, 0.15) is 5.56 Å². The molecule has 0 radical (unpaired) electrons. The fraction of sp³-hybridized carbons (Fsp3) is 0.238. The molecule has 1 saturated heterocycles. The standard InChI is InChI=1S/C21H20ClFN4O/c1-15-2-7-18(22)19(12-15)28-21-13-20(24-14-25-21)27-10-8-26(9-11-27)17-5-3-16(23)4-6-17/h2-7,12-14H,8-11H2,1H3. The van der Waals surface area contributed by atoms with Crippen LogP contribution in [-0.4, -0.2) is 36.1 Å². The van der Waals surface area contributed by atoms with E-state index in [2.05, 4.69) is 19.8 Å². The van der Waals surface area contributed by atoms with Gasteiger partial charge in [-0.1, -0.05) is 17.7 Å². The van der Waals surface area contributed by atoms with Gasteiger partial charge in [0.15, 0.2) is 0 Å². The number of benzene rings is 2. The van der Waals surface area contributed by atoms with Crippen LogP contribution >= 0.6 is 11.6 Å². The third kappa shape index (κ3) is 4.17. The average Bonchev–Trinajstić information content (AvgIpc) is 2.72. The first-order valence-corrected chi connectivity index (χ1v) is 9.48. The Hall–Kier alpha value is -2.86. The zero-order chi connectivity index (χ0) is 19.5. The lowest BCUT2D eigenvalue weighted by Crippen LogP contribution is -2.46. The number of hydrogen-bond donors (Lipinski definition) is 0. The first-order valence-electron chi connectivity index (χ1n) is 9.10. The van der Waals surface area contributed by atoms with Crippen LogP contribution in [0.25, 0.3) is 0 Å². The van der Waals surface area contributed by atoms with E-state index in [-0.39, 0.29) is 5.82 Å². The first-order chi connectivity index (χ1) is 13.6. The molecule has 1 aromatic heterocycles. The predicted octanol–water partition coefficient (Wildman–Crippen LogP) is 4.70. The number of ether oxygens (including phenoxy) is 1. The Balaban J connectivity index is 1.43. The van der Waals surface area contributed by atoms with Crippen LogP contribution in [0.5, 0.6) is 11.6 Å². The van der Waals surface area contributed by atoms with Gasteiger partial charge in [0.05, 0.1) is 5.02 Å². The molecule has 5 nitrogen and oxygen atoms in total. The van der Waals surface area contributed by atoms with Crippen molar-refractivity contribution in [3.8, 4) is 11.6 Å². The molecule has 144 valence electrons. The van der Waals surface area contributed by atoms with Crippen molar-refractivity contribution in [3.05, 3.63) is 71.3 Å². The maximum atomic E-state index is 13.1. The number of aryl methyl sites for hydroxylation is 1. The number of anilines is 2. The largest absolute Gasteiger partial charge is 0.437 e. The van der Waals surface area contributed by atoms with Gasteiger partial charge in [-0.3, -0.25) is 0 Å². The highest BCUT2D eigenvalue weighted by atomic mass is 35.5. The van der Waals surface area contributed by atoms with Gasteiger partial charge in [-0.2, -0.15) is 0 Å². The van der Waals surface area contributed by atoms with Crippen molar-refractivity contribution in [1.29, 1.82) is 0 Å². The van der Waals surface area contributed by atoms with Crippen molar-refractivity contribution < 1.29 is 9.13 Å². The Morgan fingerprint density at radius 1 is 0.929 bits per heavy atom. The van der Waals surface area contributed by atoms with Crippen molar-refractivity contribution in [2.24, 2.45) is 0 Å². The van der Waals surface area contributed by atoms with Crippen LogP contribution in [0.4, 0.5) is 15.9 Å². The van der Waals surface area contributed by atoms with E-state index in [1.807, 2.05) is 43.3 Å². The molecule has 0 unspecified atom stereocenters. The van der Waals surface area contributed by atoms with Crippen LogP contribution in [0.2, 0.25) is 5.02 Å². The molecule has 0 amide bonds. The average molecular weight is 399 g/mol. The monoisotopic (exact) mass is 398 g/mol. The molecule has 2 heterocycles. The zero-order valence-electron chi connectivity index (χ0n) is 15.5. The fourth-order valence-corrected chi connectivity index (χ4v) is 3.36. The molecular weight excluding hydrogens is 379 g/mol. The summed E-state index contributed by atoms with van der Waals surface area (Å²) in [6.07, 6.45) is 1.50. The molecule has 3 aromatic rings. The van der Waals surface area contributed by atoms with E-state index >= 15 is 0 Å². The van der Waals surface area contributed by atoms with Crippen LogP contribution in [-0.2, 0) is 0 Å². The molecule has 4 rings (SSSR count). The molecule has 0 atom stereocenters. The van der Waals surface area contributed by atoms with E-state index in [9.17, 15) is 4.39 Å². The van der Waals surface area contributed by atoms with E-state index in [0.29, 0.717) is 16.7 Å². The molecule has 2 aromatic carbocycles. The Bertz CT molecular complexity index is 959. The maximum Gasteiger partial charge on any atom is 0.224 e. The number of halogens is 2. The second-order valence-electron chi connectivity index (χ2n) is 6.70. The summed E-state index contributed by atoms with van der Waals surface area (Å²) in [6, 6.07) is 14.1. The molecular formula is C21H20ClFN4O. The number of aromatic nitrogens is 2. The topological polar surface area (TPSA) is 41.5 Å². The third-order valence-corrected chi connectivity index (χ3v) is 5.04. The van der Waals surface area contributed by atoms with Crippen molar-refractivity contribution in [3.63, 3.8) is 0 Å². The summed E-state index contributed by atoms with van der Waals surface area (Å²) in [5, 5.41) is 0.540. The number of piperazine rings is 1. The van der Waals surface area contributed by atoms with Crippen LogP contribution in [0, 0.1) is 12.7 Å². The number of nitrogens with zero attached hydrogens (tertiary/aromatic N) is 4. The summed E-state index contributed by atoms with van der Waals surface area (Å²) in [4.78, 5) is 13.0. The van der Waals surface area contributed by atoms with Crippen LogP contribution < -0.4 is 14.5 Å². The summed E-state index contributed by atoms with van der Waals surface area (Å²) in [6.45, 7) is 5.25. The molecule has 1 aliphatic rings. The van der Waals surface area contributed by atoms with Gasteiger partial charge in [0.2, 0.25) is 5.88 Å². The van der Waals surface area contributed by atoms with Crippen LogP contribution in [0.3, 0.4) is 0 Å². The smallest absolute Gasteiger partial charge is 0.224 e. The minimum Gasteiger partial charge on any atom is -0.437 e. The van der Waals surface area contributed by atoms with Gasteiger partial charge < -0.3 is 14.5 Å². The van der Waals surface area contributed by atoms with Gasteiger partial charge in [0.25, 0.3) is 0 Å². The summed E-state index contributed by atoms with van der Waals surface area (Å²) < 4.78 is 19.0. The highest BCUT2D eigenvalue weighted by Gasteiger charge is 2.19. The lowest BCUT2D eigenvalue weighted by molar-refractivity contribution is 0.461. The molecule has 0 bridgehead atoms. The molecule has 28 heavy (non-hydrogen) atoms. The van der Waals surface area contributed by atoms with Crippen molar-refractivity contribution >= 4 is 23.1 Å². The SMILES string of the molecule is Cc1ccc(Cl)c(Oc2cc(N3CCN(c4ccc(F)cc4)CC3)ncn2)c1. The van der Waals surface area contributed by atoms with E-state index in [1.54, 1.807) is 0 Å². The van der Waals surface area contributed by atoms with Gasteiger partial charge in [0.1, 0.15) is 23.7 Å². The highest BCUT2D eigenvalue weighted by Crippen LogP contribution is 2.30. The summed E-state index contributed by atoms with van der Waals surface area (Å²) in [5.41, 5.74) is 2.09. The molecule has 0 saturated carbocycles. The molecule has 1 fully saturated rings. The highest BCUT2D eigenvalue weighted by molar-refractivity contribution is 6.32. The van der Waals surface area contributed by atoms with Gasteiger partial charge in [-0.25, -0.2) is 14.4 Å². The van der Waals surface area contributed by atoms with Crippen molar-refractivity contribution in [2.45, 2.75) is 6.92 Å². The Labute approximate surface area is 168 Å². The normalized spacial score (nSPS) is 14.2. The van der Waals surface area contributed by atoms with Gasteiger partial charge in [0, 0.05) is 37.9 Å². The second-order valence-corrected chi connectivity index (χ2v) is 7.11. The van der Waals surface area contributed by atoms with Gasteiger partial charge in [-0.15, -0.1) is 0 Å². The quantitative estimate of drug-likeness (QED) is 0.637. The Morgan fingerprint density at radius 2 is 1.64 bits per heavy atom. The van der Waals surface area contributed by atoms with Crippen molar-refractivity contribution in [1.82, 2.24) is 9.97 Å². The van der Waals surface area contributed by atoms with E-state index in [1.165, 1.54) is 18.5 Å². The third-order valence-electron chi connectivity index (χ3n) is 4.72. The zero-order valence-corrected chi connectivity index (χ0v) is 16.2. The van der Waals surface area contributed by atoms with Crippen molar-refractivity contribution in [2.75, 3.05) is 36.0 Å². The molecule has 1 aliphatic heterocycles. The van der Waals surface area contributed by atoms with Gasteiger partial charge >= 0.3 is 0 Å². The number of rotatable bonds is 4. The second kappa shape index (κ2) is 8.02. The Kier molecular flexibility index (Phi) is 5.30. The predicted molar refractivity (Wildman–Crippen MR) is 109 cm³/mol. The van der Waals surface area contributed by atoms with Gasteiger partial charge in [-0.05, 0) is 48.9 Å². The molecule has 7 heteroatoms. The summed E-state index contributed by atoms with van der Waals surface area (Å²) >= 11 is 6.21. The minimum atomic E-state index is -0.218. The summed E-state index contributed by atoms with van der Waals surface area (Å²) in [5.74, 6) is 1.63. The fourth-order valence-electron chi connectivity index (χ4n) is 3.21. The molecule has 0 spiro atoms.